The summed E-state index contributed by atoms with van der Waals surface area (Å²) in [6, 6.07) is 15.6. The summed E-state index contributed by atoms with van der Waals surface area (Å²) in [5, 5.41) is 2.96. The summed E-state index contributed by atoms with van der Waals surface area (Å²) in [4.78, 5) is 14.4. The highest BCUT2D eigenvalue weighted by atomic mass is 16.5. The van der Waals surface area contributed by atoms with Crippen LogP contribution in [0.5, 0.6) is 5.75 Å². The van der Waals surface area contributed by atoms with Gasteiger partial charge in [-0.25, -0.2) is 0 Å². The predicted octanol–water partition coefficient (Wildman–Crippen LogP) is 3.10. The van der Waals surface area contributed by atoms with E-state index < -0.39 is 0 Å². The van der Waals surface area contributed by atoms with Crippen LogP contribution in [0.25, 0.3) is 0 Å². The summed E-state index contributed by atoms with van der Waals surface area (Å²) in [6.45, 7) is 5.01. The highest BCUT2D eigenvalue weighted by molar-refractivity contribution is 5.83. The molecule has 0 fully saturated rings. The molecule has 4 nitrogen and oxygen atoms in total. The Balaban J connectivity index is 1.87. The van der Waals surface area contributed by atoms with Crippen LogP contribution in [0, 0.1) is 13.8 Å². The van der Waals surface area contributed by atoms with Crippen molar-refractivity contribution >= 4 is 5.91 Å². The third-order valence-electron chi connectivity index (χ3n) is 3.87. The maximum Gasteiger partial charge on any atom is 0.242 e. The molecule has 1 N–H and O–H groups in total. The number of rotatable bonds is 7. The fraction of sp³-hybridized carbons (Fsp3) is 0.350. The molecule has 0 heterocycles. The molecule has 24 heavy (non-hydrogen) atoms. The van der Waals surface area contributed by atoms with Crippen LogP contribution in [0.2, 0.25) is 0 Å². The monoisotopic (exact) mass is 326 g/mol. The minimum absolute atomic E-state index is 0.0181. The molecule has 0 bridgehead atoms. The summed E-state index contributed by atoms with van der Waals surface area (Å²) < 4.78 is 5.76. The number of nitrogens with one attached hydrogen (secondary N) is 1. The number of hydrogen-bond donors (Lipinski definition) is 1. The van der Waals surface area contributed by atoms with E-state index >= 15 is 0 Å². The minimum atomic E-state index is -0.299. The maximum atomic E-state index is 12.5. The Bertz CT molecular complexity index is 669. The molecule has 2 aromatic rings. The number of ether oxygens (including phenoxy) is 1. The summed E-state index contributed by atoms with van der Waals surface area (Å²) in [5.41, 5.74) is 3.30. The standard InChI is InChI=1S/C20H26N2O2/c1-15-10-11-18(16(2)14-15)24-13-12-21-20(23)19(22(3)4)17-8-6-5-7-9-17/h5-11,14,19H,12-13H2,1-4H3,(H,21,23)/t19-/m1/s1. The number of hydrogen-bond acceptors (Lipinski definition) is 3. The molecule has 0 aliphatic heterocycles. The number of benzene rings is 2. The van der Waals surface area contributed by atoms with Crippen molar-refractivity contribution in [3.8, 4) is 5.75 Å². The zero-order valence-electron chi connectivity index (χ0n) is 14.9. The van der Waals surface area contributed by atoms with E-state index in [4.69, 9.17) is 4.74 Å². The number of nitrogens with zero attached hydrogens (tertiary/aromatic N) is 1. The van der Waals surface area contributed by atoms with E-state index in [0.29, 0.717) is 13.2 Å². The van der Waals surface area contributed by atoms with Gasteiger partial charge in [0.25, 0.3) is 0 Å². The van der Waals surface area contributed by atoms with Crippen molar-refractivity contribution in [2.24, 2.45) is 0 Å². The second-order valence-corrected chi connectivity index (χ2v) is 6.19. The number of carbonyl (C=O) groups excluding carboxylic acids is 1. The average molecular weight is 326 g/mol. The SMILES string of the molecule is Cc1ccc(OCCNC(=O)[C@@H](c2ccccc2)N(C)C)c(C)c1. The van der Waals surface area contributed by atoms with Crippen LogP contribution >= 0.6 is 0 Å². The average Bonchev–Trinajstić information content (AvgIpc) is 2.54. The van der Waals surface area contributed by atoms with Gasteiger partial charge in [0.05, 0.1) is 6.54 Å². The van der Waals surface area contributed by atoms with Gasteiger partial charge in [-0.05, 0) is 45.1 Å². The molecule has 1 amide bonds. The van der Waals surface area contributed by atoms with Crippen molar-refractivity contribution in [2.45, 2.75) is 19.9 Å². The molecule has 128 valence electrons. The van der Waals surface area contributed by atoms with Crippen LogP contribution in [0.1, 0.15) is 22.7 Å². The molecule has 0 spiro atoms. The number of likely N-dealkylation sites (N-methyl/N-ethyl adjacent to an activating group) is 1. The van der Waals surface area contributed by atoms with E-state index in [9.17, 15) is 4.79 Å². The van der Waals surface area contributed by atoms with Gasteiger partial charge in [0.1, 0.15) is 18.4 Å². The molecule has 0 unspecified atom stereocenters. The van der Waals surface area contributed by atoms with Crippen LogP contribution in [-0.4, -0.2) is 38.1 Å². The van der Waals surface area contributed by atoms with E-state index in [0.717, 1.165) is 16.9 Å². The zero-order valence-corrected chi connectivity index (χ0v) is 14.9. The number of amides is 1. The van der Waals surface area contributed by atoms with Crippen molar-refractivity contribution in [1.29, 1.82) is 0 Å². The predicted molar refractivity (Wildman–Crippen MR) is 97.3 cm³/mol. The van der Waals surface area contributed by atoms with Gasteiger partial charge in [-0.3, -0.25) is 9.69 Å². The molecule has 0 saturated carbocycles. The first kappa shape index (κ1) is 18.0. The van der Waals surface area contributed by atoms with Crippen LogP contribution in [0.3, 0.4) is 0 Å². The van der Waals surface area contributed by atoms with E-state index in [1.165, 1.54) is 5.56 Å². The lowest BCUT2D eigenvalue weighted by molar-refractivity contribution is -0.125. The minimum Gasteiger partial charge on any atom is -0.491 e. The van der Waals surface area contributed by atoms with Crippen molar-refractivity contribution in [2.75, 3.05) is 27.2 Å². The molecular formula is C20H26N2O2. The lowest BCUT2D eigenvalue weighted by atomic mass is 10.1. The highest BCUT2D eigenvalue weighted by Gasteiger charge is 2.22. The van der Waals surface area contributed by atoms with Crippen molar-refractivity contribution in [3.05, 3.63) is 65.2 Å². The number of carbonyl (C=O) groups is 1. The Kier molecular flexibility index (Phi) is 6.38. The van der Waals surface area contributed by atoms with Crippen LogP contribution in [0.4, 0.5) is 0 Å². The first-order valence-electron chi connectivity index (χ1n) is 8.18. The van der Waals surface area contributed by atoms with Crippen molar-refractivity contribution in [1.82, 2.24) is 10.2 Å². The van der Waals surface area contributed by atoms with Gasteiger partial charge in [-0.1, -0.05) is 48.0 Å². The molecular weight excluding hydrogens is 300 g/mol. The summed E-state index contributed by atoms with van der Waals surface area (Å²) >= 11 is 0. The second kappa shape index (κ2) is 8.50. The fourth-order valence-electron chi connectivity index (χ4n) is 2.71. The summed E-state index contributed by atoms with van der Waals surface area (Å²) in [6.07, 6.45) is 0. The van der Waals surface area contributed by atoms with E-state index in [2.05, 4.69) is 18.3 Å². The molecule has 0 aromatic heterocycles. The van der Waals surface area contributed by atoms with Crippen molar-refractivity contribution in [3.63, 3.8) is 0 Å². The van der Waals surface area contributed by atoms with Gasteiger partial charge in [-0.15, -0.1) is 0 Å². The van der Waals surface area contributed by atoms with Crippen molar-refractivity contribution < 1.29 is 9.53 Å². The molecule has 0 aliphatic rings. The van der Waals surface area contributed by atoms with Gasteiger partial charge in [0, 0.05) is 0 Å². The van der Waals surface area contributed by atoms with Gasteiger partial charge >= 0.3 is 0 Å². The first-order valence-corrected chi connectivity index (χ1v) is 8.18. The topological polar surface area (TPSA) is 41.6 Å². The van der Waals surface area contributed by atoms with Crippen LogP contribution in [0.15, 0.2) is 48.5 Å². The Morgan fingerprint density at radius 1 is 1.12 bits per heavy atom. The Hall–Kier alpha value is -2.33. The summed E-state index contributed by atoms with van der Waals surface area (Å²) in [5.74, 6) is 0.845. The zero-order chi connectivity index (χ0) is 17.5. The third kappa shape index (κ3) is 4.83. The van der Waals surface area contributed by atoms with E-state index in [1.807, 2.05) is 68.4 Å². The Morgan fingerprint density at radius 2 is 1.83 bits per heavy atom. The fourth-order valence-corrected chi connectivity index (χ4v) is 2.71. The first-order chi connectivity index (χ1) is 11.5. The third-order valence-corrected chi connectivity index (χ3v) is 3.87. The lowest BCUT2D eigenvalue weighted by Gasteiger charge is -2.23. The van der Waals surface area contributed by atoms with E-state index in [1.54, 1.807) is 0 Å². The van der Waals surface area contributed by atoms with Gasteiger partial charge in [0.15, 0.2) is 0 Å². The normalized spacial score (nSPS) is 12.0. The molecule has 4 heteroatoms. The quantitative estimate of drug-likeness (QED) is 0.795. The van der Waals surface area contributed by atoms with Crippen LogP contribution in [-0.2, 0) is 4.79 Å². The lowest BCUT2D eigenvalue weighted by Crippen LogP contribution is -2.38. The molecule has 1 atom stereocenters. The molecule has 2 rings (SSSR count). The maximum absolute atomic E-state index is 12.5. The molecule has 0 radical (unpaired) electrons. The molecule has 0 saturated heterocycles. The van der Waals surface area contributed by atoms with Crippen LogP contribution < -0.4 is 10.1 Å². The van der Waals surface area contributed by atoms with Gasteiger partial charge in [-0.2, -0.15) is 0 Å². The second-order valence-electron chi connectivity index (χ2n) is 6.19. The summed E-state index contributed by atoms with van der Waals surface area (Å²) in [7, 11) is 3.81. The highest BCUT2D eigenvalue weighted by Crippen LogP contribution is 2.19. The van der Waals surface area contributed by atoms with E-state index in [-0.39, 0.29) is 11.9 Å². The molecule has 2 aromatic carbocycles. The molecule has 0 aliphatic carbocycles. The largest absolute Gasteiger partial charge is 0.491 e. The van der Waals surface area contributed by atoms with Gasteiger partial charge < -0.3 is 10.1 Å². The Morgan fingerprint density at radius 3 is 2.46 bits per heavy atom. The smallest absolute Gasteiger partial charge is 0.242 e. The number of aryl methyl sites for hydroxylation is 2. The van der Waals surface area contributed by atoms with Gasteiger partial charge in [0.2, 0.25) is 5.91 Å². The Labute approximate surface area is 144 Å².